The third-order valence-corrected chi connectivity index (χ3v) is 7.80. The highest BCUT2D eigenvalue weighted by molar-refractivity contribution is 7.99. The van der Waals surface area contributed by atoms with Crippen LogP contribution in [0.15, 0.2) is 35.6 Å². The van der Waals surface area contributed by atoms with Gasteiger partial charge < -0.3 is 20.2 Å². The summed E-state index contributed by atoms with van der Waals surface area (Å²) >= 11 is 1.66. The molecule has 2 aromatic rings. The zero-order chi connectivity index (χ0) is 23.6. The first-order chi connectivity index (χ1) is 15.8. The van der Waals surface area contributed by atoms with Gasteiger partial charge in [0.15, 0.2) is 11.0 Å². The summed E-state index contributed by atoms with van der Waals surface area (Å²) in [6, 6.07) is 5.74. The maximum atomic E-state index is 12.8. The average molecular weight is 479 g/mol. The van der Waals surface area contributed by atoms with Crippen LogP contribution < -0.4 is 5.32 Å². The molecule has 0 unspecified atom stereocenters. The van der Waals surface area contributed by atoms with E-state index in [-0.39, 0.29) is 5.41 Å². The van der Waals surface area contributed by atoms with Crippen molar-refractivity contribution in [3.05, 3.63) is 47.4 Å². The van der Waals surface area contributed by atoms with Gasteiger partial charge in [-0.3, -0.25) is 0 Å². The van der Waals surface area contributed by atoms with Crippen LogP contribution in [-0.2, 0) is 13.2 Å². The van der Waals surface area contributed by atoms with Crippen LogP contribution in [0.3, 0.4) is 0 Å². The molecular formula is C23H29F3N6S. The molecule has 10 heteroatoms. The Balaban J connectivity index is 1.23. The summed E-state index contributed by atoms with van der Waals surface area (Å²) in [5.74, 6) is 1.96. The Hall–Kier alpha value is -2.33. The molecule has 2 heterocycles. The van der Waals surface area contributed by atoms with Crippen molar-refractivity contribution in [3.63, 3.8) is 0 Å². The quantitative estimate of drug-likeness (QED) is 0.318. The van der Waals surface area contributed by atoms with Crippen LogP contribution in [-0.4, -0.2) is 58.3 Å². The number of allylic oxidation sites excluding steroid dienone is 1. The van der Waals surface area contributed by atoms with Crippen LogP contribution in [0.2, 0.25) is 0 Å². The van der Waals surface area contributed by atoms with Crippen molar-refractivity contribution in [2.24, 2.45) is 12.5 Å². The first kappa shape index (κ1) is 23.8. The summed E-state index contributed by atoms with van der Waals surface area (Å²) in [6.07, 6.45) is 1.92. The molecule has 1 spiro atoms. The Morgan fingerprint density at radius 1 is 1.30 bits per heavy atom. The monoisotopic (exact) mass is 478 g/mol. The Kier molecular flexibility index (Phi) is 6.86. The second-order valence-electron chi connectivity index (χ2n) is 8.86. The first-order valence-electron chi connectivity index (χ1n) is 11.1. The van der Waals surface area contributed by atoms with Crippen LogP contribution in [0.5, 0.6) is 0 Å². The summed E-state index contributed by atoms with van der Waals surface area (Å²) < 4.78 is 40.3. The van der Waals surface area contributed by atoms with Gasteiger partial charge in [-0.25, -0.2) is 0 Å². The van der Waals surface area contributed by atoms with E-state index in [1.807, 2.05) is 11.6 Å². The molecule has 1 aromatic carbocycles. The van der Waals surface area contributed by atoms with Crippen LogP contribution in [0.4, 0.5) is 13.2 Å². The molecule has 0 radical (unpaired) electrons. The summed E-state index contributed by atoms with van der Waals surface area (Å²) in [5, 5.41) is 19.7. The molecule has 178 valence electrons. The van der Waals surface area contributed by atoms with Crippen LogP contribution >= 0.6 is 11.8 Å². The van der Waals surface area contributed by atoms with E-state index in [1.54, 1.807) is 37.1 Å². The summed E-state index contributed by atoms with van der Waals surface area (Å²) in [5.41, 5.74) is 1.38. The Morgan fingerprint density at radius 2 is 2.06 bits per heavy atom. The molecule has 1 aliphatic carbocycles. The largest absolute Gasteiger partial charge is 0.416 e. The van der Waals surface area contributed by atoms with Gasteiger partial charge in [-0.2, -0.15) is 13.2 Å². The van der Waals surface area contributed by atoms with Gasteiger partial charge in [0.05, 0.1) is 11.1 Å². The third kappa shape index (κ3) is 5.11. The number of nitrogens with zero attached hydrogens (tertiary/aromatic N) is 4. The van der Waals surface area contributed by atoms with Crippen LogP contribution in [0, 0.1) is 10.8 Å². The summed E-state index contributed by atoms with van der Waals surface area (Å²) in [4.78, 5) is 2.48. The molecule has 6 nitrogen and oxygen atoms in total. The number of alkyl halides is 3. The highest BCUT2D eigenvalue weighted by atomic mass is 32.2. The maximum absolute atomic E-state index is 12.8. The van der Waals surface area contributed by atoms with Crippen molar-refractivity contribution in [1.82, 2.24) is 25.0 Å². The molecular weight excluding hydrogens is 449 g/mol. The Labute approximate surface area is 196 Å². The number of hydrogen-bond acceptors (Lipinski definition) is 6. The molecule has 0 bridgehead atoms. The zero-order valence-corrected chi connectivity index (χ0v) is 19.6. The number of aromatic nitrogens is 3. The van der Waals surface area contributed by atoms with Crippen molar-refractivity contribution < 1.29 is 13.2 Å². The number of likely N-dealkylation sites (tertiary alicyclic amines) is 1. The standard InChI is InChI=1S/C23H29F3N6S/c1-28-14-17(13-27)20-29-30-21(31(20)2)33-11-3-9-32-10-8-22(15-32)12-19(22)16-4-6-18(7-5-16)23(24,25)26/h4-7,13-14,19,27-28H,3,8-12,15H2,1-2H3/b17-14+,27-13?/t19-,22+/m1/s1. The fraction of sp³-hybridized carbons (Fsp3) is 0.522. The maximum Gasteiger partial charge on any atom is 0.416 e. The van der Waals surface area contributed by atoms with Gasteiger partial charge in [-0.15, -0.1) is 10.2 Å². The van der Waals surface area contributed by atoms with E-state index in [1.165, 1.54) is 18.3 Å². The average Bonchev–Trinajstić information content (AvgIpc) is 3.14. The van der Waals surface area contributed by atoms with Gasteiger partial charge in [0.1, 0.15) is 0 Å². The number of thioether (sulfide) groups is 1. The van der Waals surface area contributed by atoms with Crippen LogP contribution in [0.1, 0.15) is 42.1 Å². The van der Waals surface area contributed by atoms with E-state index in [0.717, 1.165) is 55.4 Å². The Morgan fingerprint density at radius 3 is 2.73 bits per heavy atom. The SMILES string of the molecule is CN/C=C(\C=N)c1nnc(SCCCN2CC[C@]3(C[C@@H]3c3ccc(C(F)(F)F)cc3)C2)n1C. The lowest BCUT2D eigenvalue weighted by molar-refractivity contribution is -0.137. The smallest absolute Gasteiger partial charge is 0.393 e. The molecule has 1 saturated carbocycles. The molecule has 2 atom stereocenters. The molecule has 0 amide bonds. The molecule has 4 rings (SSSR count). The first-order valence-corrected chi connectivity index (χ1v) is 12.1. The molecule has 1 saturated heterocycles. The molecule has 1 aromatic heterocycles. The normalized spacial score (nSPS) is 23.3. The predicted octanol–water partition coefficient (Wildman–Crippen LogP) is 4.41. The van der Waals surface area contributed by atoms with E-state index in [2.05, 4.69) is 20.4 Å². The van der Waals surface area contributed by atoms with E-state index in [9.17, 15) is 13.2 Å². The summed E-state index contributed by atoms with van der Waals surface area (Å²) in [7, 11) is 3.69. The van der Waals surface area contributed by atoms with Crippen molar-refractivity contribution >= 4 is 23.5 Å². The third-order valence-electron chi connectivity index (χ3n) is 6.69. The minimum atomic E-state index is -4.28. The van der Waals surface area contributed by atoms with Crippen molar-refractivity contribution in [2.45, 2.75) is 36.5 Å². The second-order valence-corrected chi connectivity index (χ2v) is 9.93. The summed E-state index contributed by atoms with van der Waals surface area (Å²) in [6.45, 7) is 3.08. The fourth-order valence-corrected chi connectivity index (χ4v) is 5.65. The fourth-order valence-electron chi connectivity index (χ4n) is 4.82. The van der Waals surface area contributed by atoms with Crippen molar-refractivity contribution in [1.29, 1.82) is 5.41 Å². The van der Waals surface area contributed by atoms with E-state index in [0.29, 0.717) is 17.3 Å². The number of halogens is 3. The molecule has 2 aliphatic rings. The van der Waals surface area contributed by atoms with Gasteiger partial charge in [0.25, 0.3) is 0 Å². The zero-order valence-electron chi connectivity index (χ0n) is 18.8. The van der Waals surface area contributed by atoms with Gasteiger partial charge >= 0.3 is 6.18 Å². The van der Waals surface area contributed by atoms with E-state index in [4.69, 9.17) is 5.41 Å². The minimum absolute atomic E-state index is 0.244. The minimum Gasteiger partial charge on any atom is -0.393 e. The van der Waals surface area contributed by atoms with Gasteiger partial charge in [-0.1, -0.05) is 23.9 Å². The Bertz CT molecular complexity index is 1020. The number of benzene rings is 1. The molecule has 2 N–H and O–H groups in total. The van der Waals surface area contributed by atoms with E-state index >= 15 is 0 Å². The highest BCUT2D eigenvalue weighted by Crippen LogP contribution is 2.64. The lowest BCUT2D eigenvalue weighted by atomic mass is 9.97. The lowest BCUT2D eigenvalue weighted by Crippen LogP contribution is -2.23. The molecule has 2 fully saturated rings. The van der Waals surface area contributed by atoms with Gasteiger partial charge in [0, 0.05) is 38.8 Å². The van der Waals surface area contributed by atoms with Crippen LogP contribution in [0.25, 0.3) is 5.57 Å². The number of nitrogens with one attached hydrogen (secondary N) is 2. The van der Waals surface area contributed by atoms with Crippen molar-refractivity contribution in [2.75, 3.05) is 32.4 Å². The predicted molar refractivity (Wildman–Crippen MR) is 124 cm³/mol. The van der Waals surface area contributed by atoms with Gasteiger partial charge in [-0.05, 0) is 61.4 Å². The van der Waals surface area contributed by atoms with Crippen molar-refractivity contribution in [3.8, 4) is 0 Å². The number of hydrogen-bond donors (Lipinski definition) is 2. The molecule has 1 aliphatic heterocycles. The van der Waals surface area contributed by atoms with Gasteiger partial charge in [0.2, 0.25) is 0 Å². The molecule has 33 heavy (non-hydrogen) atoms. The second kappa shape index (κ2) is 9.50. The topological polar surface area (TPSA) is 69.8 Å². The highest BCUT2D eigenvalue weighted by Gasteiger charge is 2.57. The lowest BCUT2D eigenvalue weighted by Gasteiger charge is -2.16. The van der Waals surface area contributed by atoms with E-state index < -0.39 is 11.7 Å². The number of rotatable bonds is 9.